The van der Waals surface area contributed by atoms with E-state index in [1.807, 2.05) is 0 Å². The Morgan fingerprint density at radius 3 is 2.67 bits per heavy atom. The molecule has 2 N–H and O–H groups in total. The standard InChI is InChI=1S/C15H31N3/c1-4-13(5-2)17(3)15(12-16)8-10-18-9-6-7-14(18)11-15/h13-14H,4-12,16H2,1-3H3. The van der Waals surface area contributed by atoms with Gasteiger partial charge in [-0.15, -0.1) is 0 Å². The van der Waals surface area contributed by atoms with Gasteiger partial charge in [-0.1, -0.05) is 13.8 Å². The number of likely N-dealkylation sites (N-methyl/N-ethyl adjacent to an activating group) is 1. The average molecular weight is 253 g/mol. The molecule has 3 nitrogen and oxygen atoms in total. The molecule has 2 fully saturated rings. The van der Waals surface area contributed by atoms with Crippen molar-refractivity contribution in [2.75, 3.05) is 26.7 Å². The predicted octanol–water partition coefficient (Wildman–Crippen LogP) is 2.06. The van der Waals surface area contributed by atoms with Crippen LogP contribution >= 0.6 is 0 Å². The van der Waals surface area contributed by atoms with E-state index < -0.39 is 0 Å². The first-order valence-corrected chi connectivity index (χ1v) is 7.84. The first kappa shape index (κ1) is 14.3. The Morgan fingerprint density at radius 2 is 2.06 bits per heavy atom. The number of piperidine rings is 1. The second-order valence-electron chi connectivity index (χ2n) is 6.30. The Bertz CT molecular complexity index is 264. The van der Waals surface area contributed by atoms with Crippen LogP contribution in [0.5, 0.6) is 0 Å². The zero-order valence-corrected chi connectivity index (χ0v) is 12.5. The Morgan fingerprint density at radius 1 is 1.33 bits per heavy atom. The monoisotopic (exact) mass is 253 g/mol. The molecule has 2 heterocycles. The van der Waals surface area contributed by atoms with Gasteiger partial charge in [0.1, 0.15) is 0 Å². The topological polar surface area (TPSA) is 32.5 Å². The van der Waals surface area contributed by atoms with Crippen LogP contribution in [0.3, 0.4) is 0 Å². The lowest BCUT2D eigenvalue weighted by Gasteiger charge is -2.51. The van der Waals surface area contributed by atoms with Gasteiger partial charge in [0.15, 0.2) is 0 Å². The van der Waals surface area contributed by atoms with Gasteiger partial charge in [0.2, 0.25) is 0 Å². The molecule has 0 spiro atoms. The Hall–Kier alpha value is -0.120. The molecule has 2 saturated heterocycles. The van der Waals surface area contributed by atoms with E-state index in [0.717, 1.165) is 12.6 Å². The van der Waals surface area contributed by atoms with Gasteiger partial charge in [-0.2, -0.15) is 0 Å². The summed E-state index contributed by atoms with van der Waals surface area (Å²) in [6, 6.07) is 1.50. The summed E-state index contributed by atoms with van der Waals surface area (Å²) in [4.78, 5) is 5.32. The minimum Gasteiger partial charge on any atom is -0.329 e. The highest BCUT2D eigenvalue weighted by molar-refractivity contribution is 5.02. The molecule has 0 radical (unpaired) electrons. The highest BCUT2D eigenvalue weighted by atomic mass is 15.3. The van der Waals surface area contributed by atoms with E-state index >= 15 is 0 Å². The number of nitrogens with two attached hydrogens (primary N) is 1. The fraction of sp³-hybridized carbons (Fsp3) is 1.00. The fourth-order valence-electron chi connectivity index (χ4n) is 4.19. The Kier molecular flexibility index (Phi) is 4.68. The first-order chi connectivity index (χ1) is 8.66. The minimum atomic E-state index is 0.266. The van der Waals surface area contributed by atoms with E-state index in [2.05, 4.69) is 30.7 Å². The van der Waals surface area contributed by atoms with Gasteiger partial charge >= 0.3 is 0 Å². The van der Waals surface area contributed by atoms with Crippen molar-refractivity contribution in [2.24, 2.45) is 5.73 Å². The molecular weight excluding hydrogens is 222 g/mol. The molecule has 0 aromatic carbocycles. The number of hydrogen-bond donors (Lipinski definition) is 1. The highest BCUT2D eigenvalue weighted by Crippen LogP contribution is 2.37. The van der Waals surface area contributed by atoms with Crippen LogP contribution in [0, 0.1) is 0 Å². The zero-order chi connectivity index (χ0) is 13.2. The largest absolute Gasteiger partial charge is 0.329 e. The molecule has 2 aliphatic rings. The van der Waals surface area contributed by atoms with Crippen LogP contribution in [0.4, 0.5) is 0 Å². The number of nitrogens with zero attached hydrogens (tertiary/aromatic N) is 2. The lowest BCUT2D eigenvalue weighted by Crippen LogP contribution is -2.62. The number of hydrogen-bond acceptors (Lipinski definition) is 3. The fourth-order valence-corrected chi connectivity index (χ4v) is 4.19. The third kappa shape index (κ3) is 2.45. The summed E-state index contributed by atoms with van der Waals surface area (Å²) in [5, 5.41) is 0. The molecule has 2 atom stereocenters. The van der Waals surface area contributed by atoms with Crippen molar-refractivity contribution in [3.63, 3.8) is 0 Å². The van der Waals surface area contributed by atoms with Gasteiger partial charge in [0.25, 0.3) is 0 Å². The van der Waals surface area contributed by atoms with E-state index in [1.165, 1.54) is 51.6 Å². The van der Waals surface area contributed by atoms with Crippen LogP contribution in [0.25, 0.3) is 0 Å². The molecule has 0 saturated carbocycles. The van der Waals surface area contributed by atoms with Crippen LogP contribution in [0.2, 0.25) is 0 Å². The molecule has 3 heteroatoms. The van der Waals surface area contributed by atoms with Gasteiger partial charge in [-0.25, -0.2) is 0 Å². The normalized spacial score (nSPS) is 33.3. The second-order valence-corrected chi connectivity index (χ2v) is 6.30. The molecule has 0 aromatic heterocycles. The minimum absolute atomic E-state index is 0.266. The van der Waals surface area contributed by atoms with Crippen molar-refractivity contribution in [3.05, 3.63) is 0 Å². The predicted molar refractivity (Wildman–Crippen MR) is 77.7 cm³/mol. The van der Waals surface area contributed by atoms with Crippen molar-refractivity contribution in [2.45, 2.75) is 70.0 Å². The lowest BCUT2D eigenvalue weighted by molar-refractivity contribution is -0.000866. The molecule has 2 aliphatic heterocycles. The van der Waals surface area contributed by atoms with Crippen LogP contribution in [-0.2, 0) is 0 Å². The average Bonchev–Trinajstić information content (AvgIpc) is 2.86. The maximum absolute atomic E-state index is 6.21. The molecule has 18 heavy (non-hydrogen) atoms. The van der Waals surface area contributed by atoms with Crippen LogP contribution in [-0.4, -0.2) is 54.1 Å². The van der Waals surface area contributed by atoms with Crippen LogP contribution in [0.1, 0.15) is 52.4 Å². The maximum atomic E-state index is 6.21. The summed E-state index contributed by atoms with van der Waals surface area (Å²) in [6.45, 7) is 8.01. The van der Waals surface area contributed by atoms with Crippen molar-refractivity contribution in [1.29, 1.82) is 0 Å². The summed E-state index contributed by atoms with van der Waals surface area (Å²) in [5.41, 5.74) is 6.48. The number of fused-ring (bicyclic) bond motifs is 1. The zero-order valence-electron chi connectivity index (χ0n) is 12.5. The van der Waals surface area contributed by atoms with Gasteiger partial charge < -0.3 is 10.6 Å². The maximum Gasteiger partial charge on any atom is 0.0358 e. The van der Waals surface area contributed by atoms with Crippen molar-refractivity contribution < 1.29 is 0 Å². The van der Waals surface area contributed by atoms with Gasteiger partial charge in [0, 0.05) is 30.7 Å². The summed E-state index contributed by atoms with van der Waals surface area (Å²) >= 11 is 0. The third-order valence-corrected chi connectivity index (χ3v) is 5.60. The van der Waals surface area contributed by atoms with E-state index in [-0.39, 0.29) is 5.54 Å². The van der Waals surface area contributed by atoms with E-state index in [0.29, 0.717) is 6.04 Å². The van der Waals surface area contributed by atoms with Crippen LogP contribution in [0.15, 0.2) is 0 Å². The van der Waals surface area contributed by atoms with Crippen molar-refractivity contribution in [1.82, 2.24) is 9.80 Å². The van der Waals surface area contributed by atoms with E-state index in [1.54, 1.807) is 0 Å². The molecule has 2 unspecified atom stereocenters. The molecule has 0 aliphatic carbocycles. The Balaban J connectivity index is 2.10. The summed E-state index contributed by atoms with van der Waals surface area (Å²) in [7, 11) is 2.31. The summed E-state index contributed by atoms with van der Waals surface area (Å²) < 4.78 is 0. The van der Waals surface area contributed by atoms with E-state index in [4.69, 9.17) is 5.73 Å². The SMILES string of the molecule is CCC(CC)N(C)C1(CN)CCN2CCCC2C1. The highest BCUT2D eigenvalue weighted by Gasteiger charge is 2.44. The van der Waals surface area contributed by atoms with Gasteiger partial charge in [-0.05, 0) is 52.1 Å². The van der Waals surface area contributed by atoms with Gasteiger partial charge in [0.05, 0.1) is 0 Å². The number of rotatable bonds is 5. The Labute approximate surface area is 113 Å². The lowest BCUT2D eigenvalue weighted by atomic mass is 9.80. The van der Waals surface area contributed by atoms with Crippen molar-refractivity contribution in [3.8, 4) is 0 Å². The summed E-state index contributed by atoms with van der Waals surface area (Å²) in [6.07, 6.45) is 7.80. The molecular formula is C15H31N3. The molecule has 106 valence electrons. The molecule has 0 bridgehead atoms. The summed E-state index contributed by atoms with van der Waals surface area (Å²) in [5.74, 6) is 0. The first-order valence-electron chi connectivity index (χ1n) is 7.84. The molecule has 0 amide bonds. The van der Waals surface area contributed by atoms with Crippen molar-refractivity contribution >= 4 is 0 Å². The molecule has 2 rings (SSSR count). The van der Waals surface area contributed by atoms with Gasteiger partial charge in [-0.3, -0.25) is 4.90 Å². The third-order valence-electron chi connectivity index (χ3n) is 5.60. The molecule has 0 aromatic rings. The van der Waals surface area contributed by atoms with Crippen LogP contribution < -0.4 is 5.73 Å². The smallest absolute Gasteiger partial charge is 0.0358 e. The van der Waals surface area contributed by atoms with E-state index in [9.17, 15) is 0 Å². The quantitative estimate of drug-likeness (QED) is 0.814. The second kappa shape index (κ2) is 5.89.